The first-order valence-electron chi connectivity index (χ1n) is 8.57. The molecular weight excluding hydrogens is 334 g/mol. The van der Waals surface area contributed by atoms with Crippen molar-refractivity contribution < 1.29 is 5.11 Å². The summed E-state index contributed by atoms with van der Waals surface area (Å²) in [5.41, 5.74) is 2.31. The van der Waals surface area contributed by atoms with Crippen molar-refractivity contribution in [3.8, 4) is 16.9 Å². The molecule has 0 saturated heterocycles. The van der Waals surface area contributed by atoms with Crippen molar-refractivity contribution in [3.63, 3.8) is 0 Å². The van der Waals surface area contributed by atoms with Crippen LogP contribution in [0.1, 0.15) is 0 Å². The molecule has 0 spiro atoms. The molecule has 1 aromatic heterocycles. The maximum Gasteiger partial charge on any atom is 0.119 e. The van der Waals surface area contributed by atoms with Crippen LogP contribution >= 0.6 is 0 Å². The lowest BCUT2D eigenvalue weighted by Crippen LogP contribution is -1.82. The van der Waals surface area contributed by atoms with E-state index in [0.717, 1.165) is 5.56 Å². The maximum absolute atomic E-state index is 9.46. The van der Waals surface area contributed by atoms with E-state index in [4.69, 9.17) is 0 Å². The van der Waals surface area contributed by atoms with Gasteiger partial charge in [-0.3, -0.25) is 0 Å². The minimum absolute atomic E-state index is 0.296. The molecule has 0 aliphatic rings. The summed E-state index contributed by atoms with van der Waals surface area (Å²) in [6.07, 6.45) is 4.31. The van der Waals surface area contributed by atoms with E-state index < -0.39 is 0 Å². The molecule has 4 heteroatoms. The van der Waals surface area contributed by atoms with Gasteiger partial charge in [-0.25, -0.2) is 15.0 Å². The lowest BCUT2D eigenvalue weighted by molar-refractivity contribution is 0.475. The van der Waals surface area contributed by atoms with E-state index in [1.165, 1.54) is 46.1 Å². The second-order valence-corrected chi connectivity index (χ2v) is 6.07. The van der Waals surface area contributed by atoms with Crippen molar-refractivity contribution in [2.24, 2.45) is 0 Å². The van der Waals surface area contributed by atoms with Gasteiger partial charge >= 0.3 is 0 Å². The fraction of sp³-hybridized carbons (Fsp3) is 0. The second-order valence-electron chi connectivity index (χ2n) is 6.07. The largest absolute Gasteiger partial charge is 0.508 e. The number of fused-ring (bicyclic) bond motifs is 2. The zero-order valence-corrected chi connectivity index (χ0v) is 14.5. The molecule has 0 unspecified atom stereocenters. The van der Waals surface area contributed by atoms with Crippen LogP contribution in [0.2, 0.25) is 0 Å². The topological polar surface area (TPSA) is 58.9 Å². The van der Waals surface area contributed by atoms with E-state index in [1.54, 1.807) is 12.1 Å². The Balaban J connectivity index is 0.000000257. The van der Waals surface area contributed by atoms with E-state index in [1.807, 2.05) is 12.1 Å². The molecule has 0 saturated carbocycles. The van der Waals surface area contributed by atoms with Crippen LogP contribution in [0.25, 0.3) is 32.7 Å². The van der Waals surface area contributed by atoms with Crippen LogP contribution in [0.15, 0.2) is 97.8 Å². The summed E-state index contributed by atoms with van der Waals surface area (Å²) in [5, 5.41) is 14.4. The molecule has 130 valence electrons. The first kappa shape index (κ1) is 16.7. The number of aromatic nitrogens is 3. The number of aromatic hydroxyl groups is 1. The van der Waals surface area contributed by atoms with Crippen LogP contribution in [-0.4, -0.2) is 20.1 Å². The predicted molar refractivity (Wildman–Crippen MR) is 108 cm³/mol. The first-order chi connectivity index (χ1) is 13.3. The summed E-state index contributed by atoms with van der Waals surface area (Å²) < 4.78 is 0. The highest BCUT2D eigenvalue weighted by atomic mass is 16.3. The van der Waals surface area contributed by atoms with Gasteiger partial charge in [-0.2, -0.15) is 0 Å². The Kier molecular flexibility index (Phi) is 4.70. The van der Waals surface area contributed by atoms with Crippen molar-refractivity contribution in [1.82, 2.24) is 15.0 Å². The van der Waals surface area contributed by atoms with Crippen LogP contribution in [0.5, 0.6) is 5.75 Å². The molecule has 0 radical (unpaired) electrons. The van der Waals surface area contributed by atoms with Crippen molar-refractivity contribution >= 4 is 21.5 Å². The quantitative estimate of drug-likeness (QED) is 0.420. The summed E-state index contributed by atoms with van der Waals surface area (Å²) in [7, 11) is 0. The van der Waals surface area contributed by atoms with Crippen LogP contribution in [0.4, 0.5) is 0 Å². The number of phenolic OH excluding ortho intramolecular Hbond substituents is 1. The number of hydrogen-bond acceptors (Lipinski definition) is 4. The molecule has 1 heterocycles. The van der Waals surface area contributed by atoms with Crippen LogP contribution in [0, 0.1) is 0 Å². The number of hydrogen-bond donors (Lipinski definition) is 1. The van der Waals surface area contributed by atoms with Crippen LogP contribution in [0.3, 0.4) is 0 Å². The van der Waals surface area contributed by atoms with E-state index in [-0.39, 0.29) is 0 Å². The Hall–Kier alpha value is -3.79. The molecule has 0 aliphatic carbocycles. The molecule has 0 amide bonds. The summed E-state index contributed by atoms with van der Waals surface area (Å²) in [5.74, 6) is 0.296. The molecule has 0 fully saturated rings. The van der Waals surface area contributed by atoms with Gasteiger partial charge in [0.1, 0.15) is 24.7 Å². The maximum atomic E-state index is 9.46. The molecule has 4 aromatic carbocycles. The van der Waals surface area contributed by atoms with Crippen molar-refractivity contribution in [1.29, 1.82) is 0 Å². The van der Waals surface area contributed by atoms with Crippen LogP contribution < -0.4 is 0 Å². The molecule has 5 aromatic rings. The van der Waals surface area contributed by atoms with Gasteiger partial charge in [0.05, 0.1) is 0 Å². The number of benzene rings is 4. The van der Waals surface area contributed by atoms with Crippen LogP contribution in [-0.2, 0) is 0 Å². The van der Waals surface area contributed by atoms with E-state index >= 15 is 0 Å². The SMILES string of the molecule is Oc1ccc(-c2cccc3cc4ccccc4cc23)cc1.c1ncncn1. The highest BCUT2D eigenvalue weighted by Crippen LogP contribution is 2.32. The smallest absolute Gasteiger partial charge is 0.119 e. The average Bonchev–Trinajstić information content (AvgIpc) is 2.74. The lowest BCUT2D eigenvalue weighted by atomic mass is 9.95. The first-order valence-corrected chi connectivity index (χ1v) is 8.57. The minimum Gasteiger partial charge on any atom is -0.508 e. The summed E-state index contributed by atoms with van der Waals surface area (Å²) >= 11 is 0. The van der Waals surface area contributed by atoms with E-state index in [0.29, 0.717) is 5.75 Å². The van der Waals surface area contributed by atoms with E-state index in [9.17, 15) is 5.11 Å². The standard InChI is InChI=1S/C20H14O.C3H3N3/c21-18-10-8-14(9-11-18)19-7-3-6-17-12-15-4-1-2-5-16(15)13-20(17)19;1-4-2-6-3-5-1/h1-13,21H;1-3H. The third kappa shape index (κ3) is 3.75. The van der Waals surface area contributed by atoms with Gasteiger partial charge in [0.2, 0.25) is 0 Å². The monoisotopic (exact) mass is 351 g/mol. The van der Waals surface area contributed by atoms with Crippen molar-refractivity contribution in [3.05, 3.63) is 97.8 Å². The van der Waals surface area contributed by atoms with Crippen molar-refractivity contribution in [2.75, 3.05) is 0 Å². The lowest BCUT2D eigenvalue weighted by Gasteiger charge is -2.09. The van der Waals surface area contributed by atoms with Gasteiger partial charge in [-0.05, 0) is 56.9 Å². The molecule has 0 atom stereocenters. The van der Waals surface area contributed by atoms with Crippen molar-refractivity contribution in [2.45, 2.75) is 0 Å². The normalized spacial score (nSPS) is 10.4. The molecular formula is C23H17N3O. The molecule has 1 N–H and O–H groups in total. The Bertz CT molecular complexity index is 1150. The Morgan fingerprint density at radius 3 is 1.78 bits per heavy atom. The average molecular weight is 351 g/mol. The molecule has 5 rings (SSSR count). The zero-order valence-electron chi connectivity index (χ0n) is 14.5. The minimum atomic E-state index is 0.296. The molecule has 0 aliphatic heterocycles. The number of nitrogens with zero attached hydrogens (tertiary/aromatic N) is 3. The zero-order chi connectivity index (χ0) is 18.5. The summed E-state index contributed by atoms with van der Waals surface area (Å²) in [4.78, 5) is 10.7. The Labute approximate surface area is 156 Å². The van der Waals surface area contributed by atoms with Gasteiger partial charge in [-0.1, -0.05) is 54.6 Å². The highest BCUT2D eigenvalue weighted by molar-refractivity contribution is 6.04. The molecule has 4 nitrogen and oxygen atoms in total. The van der Waals surface area contributed by atoms with E-state index in [2.05, 4.69) is 69.5 Å². The van der Waals surface area contributed by atoms with Gasteiger partial charge in [0, 0.05) is 0 Å². The second kappa shape index (κ2) is 7.62. The fourth-order valence-corrected chi connectivity index (χ4v) is 3.06. The predicted octanol–water partition coefficient (Wildman–Crippen LogP) is 5.24. The molecule has 0 bridgehead atoms. The number of phenols is 1. The van der Waals surface area contributed by atoms with Gasteiger partial charge in [0.25, 0.3) is 0 Å². The third-order valence-corrected chi connectivity index (χ3v) is 4.33. The summed E-state index contributed by atoms with van der Waals surface area (Å²) in [6, 6.07) is 26.6. The fourth-order valence-electron chi connectivity index (χ4n) is 3.06. The van der Waals surface area contributed by atoms with Gasteiger partial charge < -0.3 is 5.11 Å². The van der Waals surface area contributed by atoms with Gasteiger partial charge in [-0.15, -0.1) is 0 Å². The summed E-state index contributed by atoms with van der Waals surface area (Å²) in [6.45, 7) is 0. The van der Waals surface area contributed by atoms with Gasteiger partial charge in [0.15, 0.2) is 0 Å². The highest BCUT2D eigenvalue weighted by Gasteiger charge is 2.05. The third-order valence-electron chi connectivity index (χ3n) is 4.33. The Morgan fingerprint density at radius 2 is 1.15 bits per heavy atom. The number of rotatable bonds is 1. The Morgan fingerprint density at radius 1 is 0.556 bits per heavy atom. The molecule has 27 heavy (non-hydrogen) atoms.